The molecule has 21 aromatic carbocycles. The normalized spacial score (nSPS) is 11.6. The molecule has 0 atom stereocenters. The van der Waals surface area contributed by atoms with Crippen molar-refractivity contribution in [3.05, 3.63) is 510 Å². The lowest BCUT2D eigenvalue weighted by atomic mass is 10.0. The molecule has 0 spiro atoms. The summed E-state index contributed by atoms with van der Waals surface area (Å²) in [5.74, 6) is 5.50. The van der Waals surface area contributed by atoms with E-state index < -0.39 is 0 Å². The van der Waals surface area contributed by atoms with E-state index in [1.165, 1.54) is 10.8 Å². The SMILES string of the molecule is c1ccc(-c2ccc(-c3nc(-c4cccc(-c5ccccc5)c4)nc(-n4c5ccccc5c5ccc(-c6ccc7oc8ccccc8c7c6)cc54)n3)cc2)cc1.c1ccc(-c2nc(-c3ccccc3)nc(-c3ccccc3-n3c4ccccc4c4ccc(-c5ccc6oc7ccccc7c6c5)cc43)n2)cc1.c1ccc(-c2nc(-c3ccccc3)nc(-n3c4ccccc4c4ccc(-c5ccc6oc7ccccc7c6c5)cc43)n2)cc1. The summed E-state index contributed by atoms with van der Waals surface area (Å²) in [4.78, 5) is 45.9. The zero-order valence-corrected chi connectivity index (χ0v) is 80.6. The van der Waals surface area contributed by atoms with Crippen LogP contribution >= 0.6 is 0 Å². The van der Waals surface area contributed by atoms with Gasteiger partial charge in [0.25, 0.3) is 0 Å². The Morgan fingerprint density at radius 2 is 0.360 bits per heavy atom. The molecule has 0 amide bonds. The van der Waals surface area contributed by atoms with Crippen molar-refractivity contribution in [3.63, 3.8) is 0 Å². The fourth-order valence-corrected chi connectivity index (χ4v) is 21.2. The van der Waals surface area contributed by atoms with Crippen LogP contribution in [0.15, 0.2) is 523 Å². The van der Waals surface area contributed by atoms with Crippen molar-refractivity contribution in [2.75, 3.05) is 0 Å². The van der Waals surface area contributed by atoms with Crippen LogP contribution in [0, 0.1) is 0 Å². The van der Waals surface area contributed by atoms with Gasteiger partial charge in [0.15, 0.2) is 40.8 Å². The van der Waals surface area contributed by atoms with E-state index in [2.05, 4.69) is 353 Å². The van der Waals surface area contributed by atoms with Crippen LogP contribution < -0.4 is 0 Å². The number of furan rings is 3. The lowest BCUT2D eigenvalue weighted by molar-refractivity contribution is 0.668. The highest BCUT2D eigenvalue weighted by Gasteiger charge is 2.26. The Hall–Kier alpha value is -20.6. The fourth-order valence-electron chi connectivity index (χ4n) is 21.2. The molecule has 30 rings (SSSR count). The summed E-state index contributed by atoms with van der Waals surface area (Å²) < 4.78 is 25.1. The second-order valence-corrected chi connectivity index (χ2v) is 37.4. The number of para-hydroxylation sites is 7. The smallest absolute Gasteiger partial charge is 0.238 e. The maximum atomic E-state index is 6.16. The average Bonchev–Trinajstić information content (AvgIpc) is 1.59. The van der Waals surface area contributed by atoms with Crippen LogP contribution in [0.5, 0.6) is 0 Å². The third kappa shape index (κ3) is 15.9. The molecule has 0 fully saturated rings. The van der Waals surface area contributed by atoms with Gasteiger partial charge in [0.2, 0.25) is 11.9 Å². The number of aromatic nitrogens is 12. The first-order chi connectivity index (χ1) is 74.3. The molecule has 30 aromatic rings. The number of nitrogens with zero attached hydrogens (tertiary/aromatic N) is 12. The summed E-state index contributed by atoms with van der Waals surface area (Å²) in [5, 5.41) is 13.6. The van der Waals surface area contributed by atoms with Gasteiger partial charge < -0.3 is 17.8 Å². The maximum absolute atomic E-state index is 6.16. The average molecular weight is 1920 g/mol. The zero-order valence-electron chi connectivity index (χ0n) is 80.6. The van der Waals surface area contributed by atoms with E-state index in [9.17, 15) is 0 Å². The van der Waals surface area contributed by atoms with E-state index in [1.54, 1.807) is 0 Å². The third-order valence-electron chi connectivity index (χ3n) is 28.4. The molecule has 0 aliphatic rings. The summed E-state index contributed by atoms with van der Waals surface area (Å²) in [6.45, 7) is 0. The van der Waals surface area contributed by atoms with Crippen LogP contribution in [0.1, 0.15) is 0 Å². The summed E-state index contributed by atoms with van der Waals surface area (Å²) in [7, 11) is 0. The molecule has 150 heavy (non-hydrogen) atoms. The van der Waals surface area contributed by atoms with Crippen LogP contribution in [-0.4, -0.2) is 58.6 Å². The van der Waals surface area contributed by atoms with Gasteiger partial charge in [0, 0.05) is 104 Å². The lowest BCUT2D eigenvalue weighted by Crippen LogP contribution is -2.06. The molecule has 15 heteroatoms. The molecule has 9 heterocycles. The number of fused-ring (bicyclic) bond motifs is 18. The van der Waals surface area contributed by atoms with Crippen molar-refractivity contribution in [1.82, 2.24) is 58.6 Å². The second-order valence-electron chi connectivity index (χ2n) is 37.4. The van der Waals surface area contributed by atoms with E-state index in [1.807, 2.05) is 170 Å². The molecule has 0 unspecified atom stereocenters. The Labute approximate surface area is 859 Å². The first-order valence-corrected chi connectivity index (χ1v) is 50.1. The van der Waals surface area contributed by atoms with E-state index >= 15 is 0 Å². The van der Waals surface area contributed by atoms with Crippen LogP contribution in [0.2, 0.25) is 0 Å². The molecule has 702 valence electrons. The predicted octanol–water partition coefficient (Wildman–Crippen LogP) is 34.6. The van der Waals surface area contributed by atoms with Crippen LogP contribution in [-0.2, 0) is 0 Å². The molecule has 0 saturated heterocycles. The predicted molar refractivity (Wildman–Crippen MR) is 610 cm³/mol. The van der Waals surface area contributed by atoms with E-state index in [0.29, 0.717) is 52.7 Å². The topological polar surface area (TPSA) is 170 Å². The summed E-state index contributed by atoms with van der Waals surface area (Å²) in [5.41, 5.74) is 30.4. The van der Waals surface area contributed by atoms with Gasteiger partial charge in [0.1, 0.15) is 33.5 Å². The van der Waals surface area contributed by atoms with Gasteiger partial charge in [-0.2, -0.15) is 19.9 Å². The van der Waals surface area contributed by atoms with Crippen molar-refractivity contribution >= 4 is 131 Å². The Morgan fingerprint density at radius 1 is 0.127 bits per heavy atom. The van der Waals surface area contributed by atoms with Crippen molar-refractivity contribution in [2.45, 2.75) is 0 Å². The first-order valence-electron chi connectivity index (χ1n) is 50.1. The van der Waals surface area contributed by atoms with Crippen LogP contribution in [0.4, 0.5) is 0 Å². The Kier molecular flexibility index (Phi) is 21.5. The number of hydrogen-bond acceptors (Lipinski definition) is 12. The maximum Gasteiger partial charge on any atom is 0.238 e. The molecule has 0 radical (unpaired) electrons. The molecule has 0 saturated carbocycles. The third-order valence-corrected chi connectivity index (χ3v) is 28.4. The number of hydrogen-bond donors (Lipinski definition) is 0. The molecular weight excluding hydrogens is 1840 g/mol. The molecule has 0 aliphatic carbocycles. The summed E-state index contributed by atoms with van der Waals surface area (Å²) >= 11 is 0. The quantitative estimate of drug-likeness (QED) is 0.0953. The van der Waals surface area contributed by atoms with Gasteiger partial charge in [-0.1, -0.05) is 400 Å². The molecule has 0 N–H and O–H groups in total. The van der Waals surface area contributed by atoms with Gasteiger partial charge in [-0.15, -0.1) is 0 Å². The van der Waals surface area contributed by atoms with Crippen LogP contribution in [0.3, 0.4) is 0 Å². The lowest BCUT2D eigenvalue weighted by Gasteiger charge is -2.15. The van der Waals surface area contributed by atoms with Gasteiger partial charge in [0.05, 0.1) is 38.8 Å². The minimum atomic E-state index is 0.557. The second kappa shape index (κ2) is 37.0. The summed E-state index contributed by atoms with van der Waals surface area (Å²) in [6.07, 6.45) is 0. The Bertz CT molecular complexity index is 10400. The first kappa shape index (κ1) is 87.3. The van der Waals surface area contributed by atoms with E-state index in [0.717, 1.165) is 221 Å². The minimum absolute atomic E-state index is 0.557. The highest BCUT2D eigenvalue weighted by atomic mass is 16.3. The largest absolute Gasteiger partial charge is 0.456 e. The van der Waals surface area contributed by atoms with Crippen molar-refractivity contribution in [1.29, 1.82) is 0 Å². The number of benzene rings is 21. The summed E-state index contributed by atoms with van der Waals surface area (Å²) in [6, 6.07) is 176. The monoisotopic (exact) mass is 1920 g/mol. The van der Waals surface area contributed by atoms with Gasteiger partial charge in [-0.05, 0) is 165 Å². The highest BCUT2D eigenvalue weighted by Crippen LogP contribution is 2.45. The molecule has 15 nitrogen and oxygen atoms in total. The van der Waals surface area contributed by atoms with E-state index in [4.69, 9.17) is 58.1 Å². The molecule has 9 aromatic heterocycles. The molecular formula is C135H84N12O3. The molecule has 0 aliphatic heterocycles. The zero-order chi connectivity index (χ0) is 99.1. The van der Waals surface area contributed by atoms with Crippen molar-refractivity contribution in [2.24, 2.45) is 0 Å². The Balaban J connectivity index is 0.000000109. The highest BCUT2D eigenvalue weighted by molar-refractivity contribution is 6.15. The standard InChI is InChI=1S/C51H32N4O.C45H28N4O.C39H24N4O/c1-3-12-33(13-4-1)35-22-24-36(25-23-35)49-52-50(40-17-11-16-37(30-40)34-14-5-2-6-15-34)54-51(53-49)55-45-20-9-7-18-41(45)42-28-26-39(32-46(42)55)38-27-29-48-44(31-38)43-19-8-10-21-47(43)56-48;1-3-13-29(14-4-1)43-46-44(30-15-5-2-6-16-30)48-45(47-43)36-19-8-11-21-39(36)49-38-20-10-7-17-33(38)34-25-23-32(28-40(34)49)31-24-26-42-37(27-31)35-18-9-12-22-41(35)50-42;1-3-11-25(12-4-1)37-40-38(26-13-5-2-6-14-26)42-39(41-37)43-33-17-9-7-15-29(33)30-21-19-28(24-34(30)43)27-20-22-36-32(23-27)31-16-8-10-18-35(31)44-36/h1-32H;1-28H;1-24H. The minimum Gasteiger partial charge on any atom is -0.456 e. The number of rotatable bonds is 15. The van der Waals surface area contributed by atoms with Gasteiger partial charge in [-0.3, -0.25) is 9.13 Å². The Morgan fingerprint density at radius 3 is 0.753 bits per heavy atom. The molecule has 0 bridgehead atoms. The van der Waals surface area contributed by atoms with Gasteiger partial charge in [-0.25, -0.2) is 24.9 Å². The van der Waals surface area contributed by atoms with E-state index in [-0.39, 0.29) is 0 Å². The van der Waals surface area contributed by atoms with Gasteiger partial charge >= 0.3 is 0 Å². The fraction of sp³-hybridized carbons (Fsp3) is 0. The van der Waals surface area contributed by atoms with Crippen molar-refractivity contribution in [3.8, 4) is 153 Å². The van der Waals surface area contributed by atoms with Crippen molar-refractivity contribution < 1.29 is 13.3 Å². The van der Waals surface area contributed by atoms with Crippen LogP contribution in [0.25, 0.3) is 284 Å².